The quantitative estimate of drug-likeness (QED) is 0.516. The number of hydrogen-bond donors (Lipinski definition) is 1. The third-order valence-corrected chi connectivity index (χ3v) is 4.80. The molecule has 0 aliphatic rings. The summed E-state index contributed by atoms with van der Waals surface area (Å²) < 4.78 is 22.1. The number of hydrogen-bond acceptors (Lipinski definition) is 6. The summed E-state index contributed by atoms with van der Waals surface area (Å²) in [5.74, 6) is 0.528. The average Bonchev–Trinajstić information content (AvgIpc) is 2.76. The van der Waals surface area contributed by atoms with Gasteiger partial charge in [-0.3, -0.25) is 4.79 Å². The van der Waals surface area contributed by atoms with Crippen molar-refractivity contribution in [3.63, 3.8) is 0 Å². The minimum atomic E-state index is -0.979. The maximum Gasteiger partial charge on any atom is 0.339 e. The number of carbonyl (C=O) groups excluding carboxylic acids is 2. The second kappa shape index (κ2) is 11.4. The van der Waals surface area contributed by atoms with Crippen LogP contribution >= 0.6 is 15.9 Å². The van der Waals surface area contributed by atoms with Crippen LogP contribution in [0.2, 0.25) is 0 Å². The summed E-state index contributed by atoms with van der Waals surface area (Å²) in [6.07, 6.45) is -0.145. The summed E-state index contributed by atoms with van der Waals surface area (Å²) in [7, 11) is 3.06. The van der Waals surface area contributed by atoms with E-state index in [4.69, 9.17) is 18.9 Å². The summed E-state index contributed by atoms with van der Waals surface area (Å²) in [4.78, 5) is 24.9. The van der Waals surface area contributed by atoms with Crippen LogP contribution in [0.3, 0.4) is 0 Å². The first kappa shape index (κ1) is 23.5. The van der Waals surface area contributed by atoms with Crippen molar-refractivity contribution in [1.29, 1.82) is 0 Å². The number of benzene rings is 2. The van der Waals surface area contributed by atoms with Gasteiger partial charge in [0.05, 0.1) is 30.9 Å². The Morgan fingerprint density at radius 1 is 1.10 bits per heavy atom. The highest BCUT2D eigenvalue weighted by Gasteiger charge is 2.22. The lowest BCUT2D eigenvalue weighted by Crippen LogP contribution is -2.35. The van der Waals surface area contributed by atoms with Crippen LogP contribution < -0.4 is 19.5 Å². The van der Waals surface area contributed by atoms with Crippen LogP contribution in [0.1, 0.15) is 36.2 Å². The third kappa shape index (κ3) is 6.13. The van der Waals surface area contributed by atoms with E-state index in [1.54, 1.807) is 13.2 Å². The van der Waals surface area contributed by atoms with Gasteiger partial charge in [-0.15, -0.1) is 0 Å². The molecule has 0 aliphatic heterocycles. The lowest BCUT2D eigenvalue weighted by atomic mass is 10.2. The van der Waals surface area contributed by atoms with E-state index in [0.29, 0.717) is 28.3 Å². The predicted molar refractivity (Wildman–Crippen MR) is 116 cm³/mol. The van der Waals surface area contributed by atoms with Gasteiger partial charge in [0.2, 0.25) is 0 Å². The van der Waals surface area contributed by atoms with Crippen molar-refractivity contribution in [3.8, 4) is 17.2 Å². The van der Waals surface area contributed by atoms with Gasteiger partial charge in [0.1, 0.15) is 5.75 Å². The molecule has 0 heterocycles. The summed E-state index contributed by atoms with van der Waals surface area (Å²) in [5.41, 5.74) is 1.06. The van der Waals surface area contributed by atoms with E-state index < -0.39 is 18.0 Å². The fourth-order valence-electron chi connectivity index (χ4n) is 2.64. The Kier molecular flexibility index (Phi) is 8.98. The molecule has 0 saturated carbocycles. The molecule has 8 heteroatoms. The van der Waals surface area contributed by atoms with E-state index in [-0.39, 0.29) is 12.1 Å². The van der Waals surface area contributed by atoms with E-state index in [2.05, 4.69) is 21.2 Å². The monoisotopic (exact) mass is 479 g/mol. The molecule has 0 fully saturated rings. The Bertz CT molecular complexity index is 886. The topological polar surface area (TPSA) is 83.1 Å². The van der Waals surface area contributed by atoms with Gasteiger partial charge in [-0.05, 0) is 47.5 Å². The van der Waals surface area contributed by atoms with Crippen LogP contribution in [0.15, 0.2) is 40.9 Å². The minimum absolute atomic E-state index is 0.243. The smallest absolute Gasteiger partial charge is 0.339 e. The molecular weight excluding hydrogens is 454 g/mol. The van der Waals surface area contributed by atoms with Gasteiger partial charge in [0.25, 0.3) is 5.91 Å². The largest absolute Gasteiger partial charge is 0.496 e. The van der Waals surface area contributed by atoms with Crippen molar-refractivity contribution in [2.24, 2.45) is 0 Å². The number of amides is 1. The fraction of sp³-hybridized carbons (Fsp3) is 0.364. The van der Waals surface area contributed by atoms with E-state index in [9.17, 15) is 9.59 Å². The Morgan fingerprint density at radius 2 is 1.80 bits per heavy atom. The second-order valence-corrected chi connectivity index (χ2v) is 7.27. The zero-order chi connectivity index (χ0) is 22.1. The number of nitrogens with one attached hydrogen (secondary N) is 1. The number of para-hydroxylation sites is 1. The van der Waals surface area contributed by atoms with E-state index in [1.165, 1.54) is 20.1 Å². The molecule has 1 atom stereocenters. The van der Waals surface area contributed by atoms with Crippen molar-refractivity contribution in [1.82, 2.24) is 5.32 Å². The van der Waals surface area contributed by atoms with E-state index in [1.807, 2.05) is 31.2 Å². The predicted octanol–water partition coefficient (Wildman–Crippen LogP) is 4.12. The lowest BCUT2D eigenvalue weighted by molar-refractivity contribution is -0.129. The zero-order valence-corrected chi connectivity index (χ0v) is 19.1. The SMILES string of the molecule is CCCOc1c(Br)cc(C(=O)OC(C)C(=O)NCc2ccccc2OC)cc1OC. The van der Waals surface area contributed by atoms with E-state index >= 15 is 0 Å². The van der Waals surface area contributed by atoms with Gasteiger partial charge in [-0.25, -0.2) is 4.79 Å². The second-order valence-electron chi connectivity index (χ2n) is 6.42. The summed E-state index contributed by atoms with van der Waals surface area (Å²) >= 11 is 3.39. The number of halogens is 1. The molecule has 0 aliphatic carbocycles. The Balaban J connectivity index is 2.02. The molecular formula is C22H26BrNO6. The average molecular weight is 480 g/mol. The number of esters is 1. The highest BCUT2D eigenvalue weighted by atomic mass is 79.9. The maximum absolute atomic E-state index is 12.5. The number of methoxy groups -OCH3 is 2. The molecule has 0 saturated heterocycles. The molecule has 30 heavy (non-hydrogen) atoms. The van der Waals surface area contributed by atoms with Gasteiger partial charge in [-0.1, -0.05) is 25.1 Å². The number of rotatable bonds is 10. The normalized spacial score (nSPS) is 11.4. The highest BCUT2D eigenvalue weighted by Crippen LogP contribution is 2.37. The summed E-state index contributed by atoms with van der Waals surface area (Å²) in [6, 6.07) is 10.5. The molecule has 2 aromatic rings. The van der Waals surface area contributed by atoms with Crippen LogP contribution in [0.5, 0.6) is 17.2 Å². The molecule has 0 spiro atoms. The zero-order valence-electron chi connectivity index (χ0n) is 17.5. The van der Waals surface area contributed by atoms with Gasteiger partial charge < -0.3 is 24.3 Å². The van der Waals surface area contributed by atoms with Crippen LogP contribution in [-0.2, 0) is 16.1 Å². The third-order valence-electron chi connectivity index (χ3n) is 4.21. The molecule has 2 rings (SSSR count). The molecule has 1 N–H and O–H groups in total. The van der Waals surface area contributed by atoms with Crippen molar-refractivity contribution in [3.05, 3.63) is 52.0 Å². The Morgan fingerprint density at radius 3 is 2.47 bits per heavy atom. The van der Waals surface area contributed by atoms with Crippen LogP contribution in [-0.4, -0.2) is 38.8 Å². The lowest BCUT2D eigenvalue weighted by Gasteiger charge is -2.16. The number of ether oxygens (including phenoxy) is 4. The fourth-order valence-corrected chi connectivity index (χ4v) is 3.20. The van der Waals surface area contributed by atoms with Crippen molar-refractivity contribution in [2.45, 2.75) is 32.9 Å². The van der Waals surface area contributed by atoms with E-state index in [0.717, 1.165) is 12.0 Å². The molecule has 0 aromatic heterocycles. The highest BCUT2D eigenvalue weighted by molar-refractivity contribution is 9.10. The molecule has 0 bridgehead atoms. The first-order valence-corrected chi connectivity index (χ1v) is 10.3. The first-order chi connectivity index (χ1) is 14.4. The minimum Gasteiger partial charge on any atom is -0.496 e. The molecule has 1 amide bonds. The van der Waals surface area contributed by atoms with Gasteiger partial charge in [-0.2, -0.15) is 0 Å². The van der Waals surface area contributed by atoms with Crippen LogP contribution in [0.4, 0.5) is 0 Å². The number of carbonyl (C=O) groups is 2. The van der Waals surface area contributed by atoms with Crippen LogP contribution in [0.25, 0.3) is 0 Å². The van der Waals surface area contributed by atoms with Gasteiger partial charge in [0, 0.05) is 12.1 Å². The Labute approximate surface area is 184 Å². The maximum atomic E-state index is 12.5. The summed E-state index contributed by atoms with van der Waals surface area (Å²) in [6.45, 7) is 4.28. The molecule has 162 valence electrons. The molecule has 7 nitrogen and oxygen atoms in total. The van der Waals surface area contributed by atoms with Gasteiger partial charge >= 0.3 is 5.97 Å². The first-order valence-electron chi connectivity index (χ1n) is 9.52. The van der Waals surface area contributed by atoms with Crippen molar-refractivity contribution < 1.29 is 28.5 Å². The molecule has 0 radical (unpaired) electrons. The van der Waals surface area contributed by atoms with Gasteiger partial charge in [0.15, 0.2) is 17.6 Å². The standard InChI is InChI=1S/C22H26BrNO6/c1-5-10-29-20-17(23)11-16(12-19(20)28-4)22(26)30-14(2)21(25)24-13-15-8-6-7-9-18(15)27-3/h6-9,11-12,14H,5,10,13H2,1-4H3,(H,24,25). The molecule has 2 aromatic carbocycles. The van der Waals surface area contributed by atoms with Crippen molar-refractivity contribution in [2.75, 3.05) is 20.8 Å². The van der Waals surface area contributed by atoms with Crippen LogP contribution in [0, 0.1) is 0 Å². The van der Waals surface area contributed by atoms with Crippen molar-refractivity contribution >= 4 is 27.8 Å². The molecule has 1 unspecified atom stereocenters. The Hall–Kier alpha value is -2.74. The summed E-state index contributed by atoms with van der Waals surface area (Å²) in [5, 5.41) is 2.75.